The molecule has 16 heavy (non-hydrogen) atoms. The Kier molecular flexibility index (Phi) is 6.21. The average molecular weight is 352 g/mol. The number of hydrogen-bond donors (Lipinski definition) is 0. The van der Waals surface area contributed by atoms with Gasteiger partial charge in [-0.05, 0) is 36.6 Å². The van der Waals surface area contributed by atoms with Crippen molar-refractivity contribution in [3.63, 3.8) is 0 Å². The summed E-state index contributed by atoms with van der Waals surface area (Å²) in [6.45, 7) is 0. The van der Waals surface area contributed by atoms with Gasteiger partial charge < -0.3 is 0 Å². The Morgan fingerprint density at radius 2 is 2.00 bits per heavy atom. The SMILES string of the molecule is O=C(CCCBr)CCc1cc(F)cc(Br)c1. The highest BCUT2D eigenvalue weighted by Crippen LogP contribution is 2.16. The Labute approximate surface area is 112 Å². The Hall–Kier alpha value is -0.220. The topological polar surface area (TPSA) is 17.1 Å². The standard InChI is InChI=1S/C12H13Br2FO/c13-5-1-2-12(16)4-3-9-6-10(14)8-11(15)7-9/h6-8H,1-5H2. The number of carbonyl (C=O) groups excluding carboxylic acids is 1. The van der Waals surface area contributed by atoms with Gasteiger partial charge in [-0.1, -0.05) is 31.9 Å². The van der Waals surface area contributed by atoms with Gasteiger partial charge in [-0.3, -0.25) is 4.79 Å². The van der Waals surface area contributed by atoms with E-state index in [-0.39, 0.29) is 11.6 Å². The van der Waals surface area contributed by atoms with Crippen molar-refractivity contribution in [1.29, 1.82) is 0 Å². The maximum absolute atomic E-state index is 13.0. The average Bonchev–Trinajstić information content (AvgIpc) is 2.22. The van der Waals surface area contributed by atoms with Gasteiger partial charge in [0.05, 0.1) is 0 Å². The van der Waals surface area contributed by atoms with Gasteiger partial charge in [-0.15, -0.1) is 0 Å². The van der Waals surface area contributed by atoms with E-state index in [4.69, 9.17) is 0 Å². The fourth-order valence-electron chi connectivity index (χ4n) is 1.43. The van der Waals surface area contributed by atoms with Crippen LogP contribution in [0.25, 0.3) is 0 Å². The number of carbonyl (C=O) groups is 1. The van der Waals surface area contributed by atoms with E-state index in [0.29, 0.717) is 19.3 Å². The lowest BCUT2D eigenvalue weighted by atomic mass is 10.1. The third kappa shape index (κ3) is 5.21. The zero-order valence-corrected chi connectivity index (χ0v) is 12.0. The number of hydrogen-bond acceptors (Lipinski definition) is 1. The van der Waals surface area contributed by atoms with E-state index >= 15 is 0 Å². The quantitative estimate of drug-likeness (QED) is 0.699. The molecule has 0 heterocycles. The monoisotopic (exact) mass is 350 g/mol. The van der Waals surface area contributed by atoms with Crippen LogP contribution in [0.5, 0.6) is 0 Å². The minimum absolute atomic E-state index is 0.236. The molecule has 1 aromatic rings. The van der Waals surface area contributed by atoms with E-state index in [2.05, 4.69) is 31.9 Å². The zero-order valence-electron chi connectivity index (χ0n) is 8.81. The predicted octanol–water partition coefficient (Wildman–Crippen LogP) is 4.27. The van der Waals surface area contributed by atoms with Gasteiger partial charge in [0.1, 0.15) is 11.6 Å². The van der Waals surface area contributed by atoms with Crippen LogP contribution < -0.4 is 0 Å². The molecule has 0 unspecified atom stereocenters. The third-order valence-electron chi connectivity index (χ3n) is 2.20. The normalized spacial score (nSPS) is 10.4. The van der Waals surface area contributed by atoms with Crippen LogP contribution in [0.2, 0.25) is 0 Å². The van der Waals surface area contributed by atoms with Crippen LogP contribution in [0.4, 0.5) is 4.39 Å². The Morgan fingerprint density at radius 1 is 1.25 bits per heavy atom. The van der Waals surface area contributed by atoms with Crippen molar-refractivity contribution in [1.82, 2.24) is 0 Å². The maximum atomic E-state index is 13.0. The third-order valence-corrected chi connectivity index (χ3v) is 3.22. The highest BCUT2D eigenvalue weighted by atomic mass is 79.9. The molecule has 0 fully saturated rings. The molecule has 0 aliphatic heterocycles. The van der Waals surface area contributed by atoms with E-state index in [9.17, 15) is 9.18 Å². The highest BCUT2D eigenvalue weighted by molar-refractivity contribution is 9.10. The van der Waals surface area contributed by atoms with Crippen molar-refractivity contribution >= 4 is 37.6 Å². The summed E-state index contributed by atoms with van der Waals surface area (Å²) < 4.78 is 13.8. The summed E-state index contributed by atoms with van der Waals surface area (Å²) in [4.78, 5) is 11.4. The summed E-state index contributed by atoms with van der Waals surface area (Å²) in [7, 11) is 0. The minimum atomic E-state index is -0.266. The first-order valence-corrected chi connectivity index (χ1v) is 7.06. The van der Waals surface area contributed by atoms with Crippen LogP contribution >= 0.6 is 31.9 Å². The van der Waals surface area contributed by atoms with Crippen LogP contribution in [0, 0.1) is 5.82 Å². The van der Waals surface area contributed by atoms with Crippen molar-refractivity contribution in [2.24, 2.45) is 0 Å². The molecule has 0 aromatic heterocycles. The van der Waals surface area contributed by atoms with Gasteiger partial charge in [0, 0.05) is 22.6 Å². The van der Waals surface area contributed by atoms with Gasteiger partial charge in [0.25, 0.3) is 0 Å². The summed E-state index contributed by atoms with van der Waals surface area (Å²) in [6, 6.07) is 4.74. The highest BCUT2D eigenvalue weighted by Gasteiger charge is 2.04. The molecule has 4 heteroatoms. The molecular weight excluding hydrogens is 339 g/mol. The summed E-state index contributed by atoms with van der Waals surface area (Å²) in [5.74, 6) is -0.0304. The molecule has 0 radical (unpaired) electrons. The number of benzene rings is 1. The van der Waals surface area contributed by atoms with E-state index in [1.165, 1.54) is 12.1 Å². The molecule has 1 rings (SSSR count). The second kappa shape index (κ2) is 7.17. The number of Topliss-reactive ketones (excluding diaryl/α,β-unsaturated/α-hetero) is 1. The number of halogens is 3. The number of ketones is 1. The molecule has 88 valence electrons. The van der Waals surface area contributed by atoms with Gasteiger partial charge in [0.15, 0.2) is 0 Å². The Bertz CT molecular complexity index is 346. The van der Waals surface area contributed by atoms with Crippen LogP contribution in [0.1, 0.15) is 24.8 Å². The Balaban J connectivity index is 2.45. The fourth-order valence-corrected chi connectivity index (χ4v) is 2.22. The van der Waals surface area contributed by atoms with Gasteiger partial charge in [0.2, 0.25) is 0 Å². The number of alkyl halides is 1. The molecule has 0 bridgehead atoms. The molecular formula is C12H13Br2FO. The summed E-state index contributed by atoms with van der Waals surface area (Å²) in [5.41, 5.74) is 0.860. The first-order chi connectivity index (χ1) is 7.61. The first-order valence-electron chi connectivity index (χ1n) is 5.14. The molecule has 0 amide bonds. The van der Waals surface area contributed by atoms with Crippen LogP contribution in [-0.4, -0.2) is 11.1 Å². The lowest BCUT2D eigenvalue weighted by molar-refractivity contribution is -0.119. The molecule has 0 saturated heterocycles. The van der Waals surface area contributed by atoms with Crippen molar-refractivity contribution in [3.05, 3.63) is 34.1 Å². The Morgan fingerprint density at radius 3 is 2.62 bits per heavy atom. The lowest BCUT2D eigenvalue weighted by Crippen LogP contribution is -2.00. The number of rotatable bonds is 6. The second-order valence-corrected chi connectivity index (χ2v) is 5.32. The van der Waals surface area contributed by atoms with Crippen LogP contribution in [-0.2, 0) is 11.2 Å². The maximum Gasteiger partial charge on any atom is 0.133 e. The van der Waals surface area contributed by atoms with Crippen molar-refractivity contribution in [2.75, 3.05) is 5.33 Å². The van der Waals surface area contributed by atoms with E-state index in [0.717, 1.165) is 21.8 Å². The van der Waals surface area contributed by atoms with Crippen molar-refractivity contribution < 1.29 is 9.18 Å². The molecule has 0 N–H and O–H groups in total. The van der Waals surface area contributed by atoms with Gasteiger partial charge in [-0.25, -0.2) is 4.39 Å². The van der Waals surface area contributed by atoms with Gasteiger partial charge >= 0.3 is 0 Å². The molecule has 0 saturated carbocycles. The molecule has 1 aromatic carbocycles. The molecule has 1 nitrogen and oxygen atoms in total. The second-order valence-electron chi connectivity index (χ2n) is 3.61. The van der Waals surface area contributed by atoms with Crippen LogP contribution in [0.15, 0.2) is 22.7 Å². The van der Waals surface area contributed by atoms with E-state index in [1.807, 2.05) is 6.07 Å². The smallest absolute Gasteiger partial charge is 0.133 e. The zero-order chi connectivity index (χ0) is 12.0. The largest absolute Gasteiger partial charge is 0.300 e. The van der Waals surface area contributed by atoms with Crippen molar-refractivity contribution in [3.8, 4) is 0 Å². The van der Waals surface area contributed by atoms with E-state index < -0.39 is 0 Å². The molecule has 0 spiro atoms. The fraction of sp³-hybridized carbons (Fsp3) is 0.417. The van der Waals surface area contributed by atoms with Crippen molar-refractivity contribution in [2.45, 2.75) is 25.7 Å². The predicted molar refractivity (Wildman–Crippen MR) is 70.5 cm³/mol. The molecule has 0 aliphatic rings. The molecule has 0 aliphatic carbocycles. The number of aryl methyl sites for hydroxylation is 1. The summed E-state index contributed by atoms with van der Waals surface area (Å²) in [6.07, 6.45) is 2.56. The first kappa shape index (κ1) is 13.8. The van der Waals surface area contributed by atoms with Crippen LogP contribution in [0.3, 0.4) is 0 Å². The van der Waals surface area contributed by atoms with Gasteiger partial charge in [-0.2, -0.15) is 0 Å². The minimum Gasteiger partial charge on any atom is -0.300 e. The summed E-state index contributed by atoms with van der Waals surface area (Å²) in [5, 5.41) is 0.851. The summed E-state index contributed by atoms with van der Waals surface area (Å²) >= 11 is 6.52. The molecule has 0 atom stereocenters. The van der Waals surface area contributed by atoms with E-state index in [1.54, 1.807) is 0 Å². The lowest BCUT2D eigenvalue weighted by Gasteiger charge is -2.02.